The van der Waals surface area contributed by atoms with Gasteiger partial charge in [-0.1, -0.05) is 0 Å². The van der Waals surface area contributed by atoms with Gasteiger partial charge in [-0.05, 0) is 0 Å². The van der Waals surface area contributed by atoms with Crippen molar-refractivity contribution in [1.82, 2.24) is 4.98 Å². The first-order chi connectivity index (χ1) is 6.79. The molecule has 63 valence electrons. The number of pyridine rings is 1. The zero-order valence-electron chi connectivity index (χ0n) is 7.32. The van der Waals surface area contributed by atoms with Gasteiger partial charge >= 0.3 is 79.9 Å². The summed E-state index contributed by atoms with van der Waals surface area (Å²) < 4.78 is 0. The molecule has 3 heteroatoms. The van der Waals surface area contributed by atoms with Gasteiger partial charge in [-0.2, -0.15) is 0 Å². The molecule has 0 atom stereocenters. The van der Waals surface area contributed by atoms with Gasteiger partial charge in [0.25, 0.3) is 0 Å². The first-order valence-corrected chi connectivity index (χ1v) is 4.33. The molecule has 0 aliphatic carbocycles. The fourth-order valence-electron chi connectivity index (χ4n) is 1.90. The fraction of sp³-hybridized carbons (Fsp3) is 0. The summed E-state index contributed by atoms with van der Waals surface area (Å²) in [5.74, 6) is 0. The molecule has 1 radical (unpaired) electrons. The van der Waals surface area contributed by atoms with Crippen LogP contribution in [0.2, 0.25) is 0 Å². The van der Waals surface area contributed by atoms with E-state index in [0.29, 0.717) is 10.5 Å². The molecule has 0 amide bonds. The third kappa shape index (κ3) is 0.745. The predicted octanol–water partition coefficient (Wildman–Crippen LogP) is 1.32. The van der Waals surface area contributed by atoms with Gasteiger partial charge < -0.3 is 0 Å². The van der Waals surface area contributed by atoms with Gasteiger partial charge in [0.1, 0.15) is 0 Å². The maximum absolute atomic E-state index is 11.7. The summed E-state index contributed by atoms with van der Waals surface area (Å²) in [6.45, 7) is 0. The van der Waals surface area contributed by atoms with E-state index in [-0.39, 0.29) is 5.43 Å². The SMILES string of the molecule is [B]=c1c(=O)c2cncc3cccc1c32. The van der Waals surface area contributed by atoms with E-state index in [9.17, 15) is 4.79 Å². The zero-order chi connectivity index (χ0) is 9.71. The van der Waals surface area contributed by atoms with Gasteiger partial charge in [-0.25, -0.2) is 0 Å². The van der Waals surface area contributed by atoms with Crippen LogP contribution in [0, 0.1) is 5.11 Å². The number of hydrogen-bond donors (Lipinski definition) is 0. The van der Waals surface area contributed by atoms with Crippen LogP contribution in [0.25, 0.3) is 21.5 Å². The van der Waals surface area contributed by atoms with Gasteiger partial charge in [-0.3, -0.25) is 0 Å². The van der Waals surface area contributed by atoms with Crippen LogP contribution in [0.15, 0.2) is 35.4 Å². The second-order valence-corrected chi connectivity index (χ2v) is 3.33. The average Bonchev–Trinajstić information content (AvgIpc) is 2.47. The molecule has 0 saturated carbocycles. The van der Waals surface area contributed by atoms with Crippen molar-refractivity contribution in [3.8, 4) is 0 Å². The van der Waals surface area contributed by atoms with E-state index in [0.717, 1.165) is 16.2 Å². The van der Waals surface area contributed by atoms with Gasteiger partial charge in [0.2, 0.25) is 0 Å². The van der Waals surface area contributed by atoms with Crippen LogP contribution in [-0.4, -0.2) is 12.5 Å². The zero-order valence-corrected chi connectivity index (χ0v) is 7.32. The van der Waals surface area contributed by atoms with E-state index >= 15 is 0 Å². The molecule has 1 heterocycles. The summed E-state index contributed by atoms with van der Waals surface area (Å²) >= 11 is 0. The number of aromatic nitrogens is 1. The minimum absolute atomic E-state index is 0.107. The second kappa shape index (κ2) is 2.38. The van der Waals surface area contributed by atoms with Crippen LogP contribution in [0.4, 0.5) is 0 Å². The maximum atomic E-state index is 11.7. The van der Waals surface area contributed by atoms with E-state index in [1.165, 1.54) is 0 Å². The Morgan fingerprint density at radius 2 is 2.00 bits per heavy atom. The summed E-state index contributed by atoms with van der Waals surface area (Å²) in [7, 11) is 5.72. The molecule has 0 aliphatic heterocycles. The Morgan fingerprint density at radius 3 is 2.86 bits per heavy atom. The van der Waals surface area contributed by atoms with Crippen molar-refractivity contribution in [3.05, 3.63) is 45.9 Å². The molecule has 0 N–H and O–H groups in total. The van der Waals surface area contributed by atoms with Crippen molar-refractivity contribution in [2.75, 3.05) is 0 Å². The predicted molar refractivity (Wildman–Crippen MR) is 56.9 cm³/mol. The van der Waals surface area contributed by atoms with Crippen LogP contribution in [0.1, 0.15) is 0 Å². The van der Waals surface area contributed by atoms with Crippen LogP contribution < -0.4 is 5.43 Å². The number of hydrogen-bond acceptors (Lipinski definition) is 2. The molecular formula is C11H5BNO. The minimum atomic E-state index is -0.107. The molecule has 0 spiro atoms. The van der Waals surface area contributed by atoms with E-state index in [1.807, 2.05) is 18.2 Å². The monoisotopic (exact) mass is 178 g/mol. The average molecular weight is 178 g/mol. The van der Waals surface area contributed by atoms with Crippen molar-refractivity contribution in [3.63, 3.8) is 0 Å². The molecule has 0 unspecified atom stereocenters. The first kappa shape index (κ1) is 7.62. The molecule has 2 nitrogen and oxygen atoms in total. The third-order valence-electron chi connectivity index (χ3n) is 2.56. The summed E-state index contributed by atoms with van der Waals surface area (Å²) in [6.07, 6.45) is 3.32. The van der Waals surface area contributed by atoms with Crippen molar-refractivity contribution in [1.29, 1.82) is 0 Å². The Bertz CT molecular complexity index is 664. The Balaban J connectivity index is 2.91. The Labute approximate surface area is 80.6 Å². The summed E-state index contributed by atoms with van der Waals surface area (Å²) in [5, 5.41) is 3.69. The van der Waals surface area contributed by atoms with E-state index in [2.05, 4.69) is 4.98 Å². The van der Waals surface area contributed by atoms with Gasteiger partial charge in [-0.15, -0.1) is 0 Å². The van der Waals surface area contributed by atoms with E-state index < -0.39 is 0 Å². The van der Waals surface area contributed by atoms with E-state index in [4.69, 9.17) is 7.49 Å². The molecule has 2 aromatic carbocycles. The molecule has 1 aromatic heterocycles. The topological polar surface area (TPSA) is 30.0 Å². The molecular weight excluding hydrogens is 173 g/mol. The second-order valence-electron chi connectivity index (χ2n) is 3.33. The molecule has 3 aromatic rings. The molecule has 3 rings (SSSR count). The third-order valence-corrected chi connectivity index (χ3v) is 2.56. The Kier molecular flexibility index (Phi) is 1.30. The van der Waals surface area contributed by atoms with Crippen molar-refractivity contribution < 1.29 is 0 Å². The van der Waals surface area contributed by atoms with Crippen molar-refractivity contribution in [2.45, 2.75) is 0 Å². The normalized spacial score (nSPS) is 11.4. The summed E-state index contributed by atoms with van der Waals surface area (Å²) in [4.78, 5) is 15.7. The van der Waals surface area contributed by atoms with Crippen LogP contribution in [0.5, 0.6) is 0 Å². The number of benzene rings is 1. The quantitative estimate of drug-likeness (QED) is 0.486. The standard InChI is InChI=1S/C11H5BNO/c12-10-7-3-1-2-6-4-13-5-8(9(6)7)11(10)14/h1-5H. The first-order valence-electron chi connectivity index (χ1n) is 4.33. The molecule has 0 fully saturated rings. The van der Waals surface area contributed by atoms with Crippen molar-refractivity contribution >= 4 is 29.0 Å². The Hall–Kier alpha value is -1.77. The number of rotatable bonds is 0. The Morgan fingerprint density at radius 1 is 1.14 bits per heavy atom. The van der Waals surface area contributed by atoms with E-state index in [1.54, 1.807) is 12.4 Å². The molecule has 0 bridgehead atoms. The summed E-state index contributed by atoms with van der Waals surface area (Å²) in [6, 6.07) is 5.68. The molecule has 14 heavy (non-hydrogen) atoms. The van der Waals surface area contributed by atoms with Crippen LogP contribution in [0.3, 0.4) is 0 Å². The molecule has 0 aliphatic rings. The van der Waals surface area contributed by atoms with Gasteiger partial charge in [0.05, 0.1) is 0 Å². The van der Waals surface area contributed by atoms with Crippen LogP contribution >= 0.6 is 0 Å². The summed E-state index contributed by atoms with van der Waals surface area (Å²) in [5.41, 5.74) is -0.107. The van der Waals surface area contributed by atoms with Gasteiger partial charge in [0.15, 0.2) is 0 Å². The van der Waals surface area contributed by atoms with Gasteiger partial charge in [0, 0.05) is 0 Å². The fourth-order valence-corrected chi connectivity index (χ4v) is 1.90. The van der Waals surface area contributed by atoms with Crippen LogP contribution in [-0.2, 0) is 0 Å². The number of nitrogens with zero attached hydrogens (tertiary/aromatic N) is 1. The molecule has 0 saturated heterocycles. The van der Waals surface area contributed by atoms with Crippen molar-refractivity contribution in [2.24, 2.45) is 0 Å².